The summed E-state index contributed by atoms with van der Waals surface area (Å²) in [5.74, 6) is 0.351. The quantitative estimate of drug-likeness (QED) is 0.536. The lowest BCUT2D eigenvalue weighted by Gasteiger charge is -2.13. The third-order valence-corrected chi connectivity index (χ3v) is 6.13. The minimum Gasteiger partial charge on any atom is -0.421 e. The van der Waals surface area contributed by atoms with E-state index in [0.29, 0.717) is 39.2 Å². The molecule has 0 fully saturated rings. The summed E-state index contributed by atoms with van der Waals surface area (Å²) in [6.07, 6.45) is 0. The molecular weight excluding hydrogens is 392 g/mol. The minimum absolute atomic E-state index is 0.0751. The lowest BCUT2D eigenvalue weighted by molar-refractivity contribution is 0.103. The zero-order valence-electron chi connectivity index (χ0n) is 15.1. The number of anilines is 2. The van der Waals surface area contributed by atoms with E-state index in [1.54, 1.807) is 55.5 Å². The standard InChI is InChI=1S/C20H14N4O4S/c1-11-22-23-20(28-11)12-5-2-3-8-15(12)24-29(26,27)17-10-9-16-18-13(17)6-4-7-14(18)19(25)21-16/h2-10,24H,1H3,(H,21,25). The fraction of sp³-hybridized carbons (Fsp3) is 0.0500. The highest BCUT2D eigenvalue weighted by molar-refractivity contribution is 7.93. The van der Waals surface area contributed by atoms with Gasteiger partial charge in [0.2, 0.25) is 11.8 Å². The number of nitrogens with one attached hydrogen (secondary N) is 2. The Morgan fingerprint density at radius 3 is 2.55 bits per heavy atom. The van der Waals surface area contributed by atoms with Gasteiger partial charge in [-0.25, -0.2) is 8.42 Å². The maximum Gasteiger partial charge on any atom is 0.262 e. The summed E-state index contributed by atoms with van der Waals surface area (Å²) in [6.45, 7) is 1.66. The van der Waals surface area contributed by atoms with Crippen molar-refractivity contribution in [2.45, 2.75) is 11.8 Å². The zero-order valence-corrected chi connectivity index (χ0v) is 15.9. The molecule has 4 aromatic rings. The molecule has 29 heavy (non-hydrogen) atoms. The molecule has 5 rings (SSSR count). The van der Waals surface area contributed by atoms with E-state index < -0.39 is 10.0 Å². The fourth-order valence-corrected chi connectivity index (χ4v) is 4.75. The van der Waals surface area contributed by atoms with Crippen LogP contribution < -0.4 is 10.0 Å². The molecule has 1 aliphatic heterocycles. The molecule has 2 heterocycles. The Morgan fingerprint density at radius 2 is 1.76 bits per heavy atom. The SMILES string of the molecule is Cc1nnc(-c2ccccc2NS(=O)(=O)c2ccc3c4c(cccc24)C(=O)N3)o1. The van der Waals surface area contributed by atoms with E-state index in [1.807, 2.05) is 0 Å². The molecule has 144 valence electrons. The lowest BCUT2D eigenvalue weighted by atomic mass is 10.1. The number of nitrogens with zero attached hydrogens (tertiary/aromatic N) is 2. The number of amides is 1. The monoisotopic (exact) mass is 406 g/mol. The summed E-state index contributed by atoms with van der Waals surface area (Å²) in [6, 6.07) is 14.9. The number of rotatable bonds is 4. The molecular formula is C20H14N4O4S. The van der Waals surface area contributed by atoms with E-state index in [9.17, 15) is 13.2 Å². The van der Waals surface area contributed by atoms with Gasteiger partial charge in [0.05, 0.1) is 16.1 Å². The van der Waals surface area contributed by atoms with E-state index in [0.717, 1.165) is 0 Å². The maximum absolute atomic E-state index is 13.2. The van der Waals surface area contributed by atoms with Crippen LogP contribution in [0, 0.1) is 6.92 Å². The maximum atomic E-state index is 13.2. The first-order valence-electron chi connectivity index (χ1n) is 8.73. The van der Waals surface area contributed by atoms with Crippen molar-refractivity contribution in [3.05, 3.63) is 66.1 Å². The number of hydrogen-bond acceptors (Lipinski definition) is 6. The van der Waals surface area contributed by atoms with Crippen molar-refractivity contribution in [1.82, 2.24) is 10.2 Å². The van der Waals surface area contributed by atoms with Crippen molar-refractivity contribution in [2.75, 3.05) is 10.0 Å². The Balaban J connectivity index is 1.63. The molecule has 1 aromatic heterocycles. The number of sulfonamides is 1. The van der Waals surface area contributed by atoms with E-state index in [1.165, 1.54) is 6.07 Å². The Bertz CT molecular complexity index is 1410. The van der Waals surface area contributed by atoms with Gasteiger partial charge in [-0.05, 0) is 30.3 Å². The number of benzene rings is 3. The van der Waals surface area contributed by atoms with Crippen LogP contribution in [0.4, 0.5) is 11.4 Å². The topological polar surface area (TPSA) is 114 Å². The van der Waals surface area contributed by atoms with Crippen molar-refractivity contribution in [1.29, 1.82) is 0 Å². The van der Waals surface area contributed by atoms with Gasteiger partial charge in [0.1, 0.15) is 0 Å². The number of aryl methyl sites for hydroxylation is 1. The van der Waals surface area contributed by atoms with Crippen LogP contribution in [0.5, 0.6) is 0 Å². The molecule has 8 nitrogen and oxygen atoms in total. The Labute approximate surface area is 165 Å². The molecule has 1 aliphatic rings. The molecule has 1 amide bonds. The molecule has 0 saturated heterocycles. The van der Waals surface area contributed by atoms with E-state index >= 15 is 0 Å². The molecule has 3 aromatic carbocycles. The van der Waals surface area contributed by atoms with Crippen molar-refractivity contribution in [2.24, 2.45) is 0 Å². The van der Waals surface area contributed by atoms with Gasteiger partial charge >= 0.3 is 0 Å². The second-order valence-electron chi connectivity index (χ2n) is 6.57. The second-order valence-corrected chi connectivity index (χ2v) is 8.22. The average Bonchev–Trinajstić information content (AvgIpc) is 3.27. The first-order valence-corrected chi connectivity index (χ1v) is 10.2. The van der Waals surface area contributed by atoms with Crippen molar-refractivity contribution >= 4 is 38.1 Å². The van der Waals surface area contributed by atoms with Crippen LogP contribution in [0.25, 0.3) is 22.2 Å². The summed E-state index contributed by atoms with van der Waals surface area (Å²) in [7, 11) is -3.97. The predicted octanol–water partition coefficient (Wildman–Crippen LogP) is 3.56. The van der Waals surface area contributed by atoms with E-state index in [4.69, 9.17) is 4.42 Å². The van der Waals surface area contributed by atoms with Crippen LogP contribution in [0.3, 0.4) is 0 Å². The number of hydrogen-bond donors (Lipinski definition) is 2. The minimum atomic E-state index is -3.97. The third kappa shape index (κ3) is 2.74. The molecule has 0 aliphatic carbocycles. The van der Waals surface area contributed by atoms with Crippen LogP contribution >= 0.6 is 0 Å². The zero-order chi connectivity index (χ0) is 20.2. The molecule has 2 N–H and O–H groups in total. The Morgan fingerprint density at radius 1 is 0.966 bits per heavy atom. The van der Waals surface area contributed by atoms with Gasteiger partial charge in [0.15, 0.2) is 0 Å². The largest absolute Gasteiger partial charge is 0.421 e. The highest BCUT2D eigenvalue weighted by Crippen LogP contribution is 2.37. The van der Waals surface area contributed by atoms with Crippen LogP contribution in [0.15, 0.2) is 63.9 Å². The molecule has 0 atom stereocenters. The second kappa shape index (κ2) is 6.14. The smallest absolute Gasteiger partial charge is 0.262 e. The molecule has 0 spiro atoms. The Hall–Kier alpha value is -3.72. The van der Waals surface area contributed by atoms with Crippen molar-refractivity contribution < 1.29 is 17.6 Å². The average molecular weight is 406 g/mol. The van der Waals surface area contributed by atoms with E-state index in [2.05, 4.69) is 20.2 Å². The number of aromatic nitrogens is 2. The number of para-hydroxylation sites is 1. The molecule has 0 bridgehead atoms. The summed E-state index contributed by atoms with van der Waals surface area (Å²) >= 11 is 0. The number of carbonyl (C=O) groups excluding carboxylic acids is 1. The summed E-state index contributed by atoms with van der Waals surface area (Å²) in [5, 5.41) is 11.6. The van der Waals surface area contributed by atoms with Gasteiger partial charge in [-0.15, -0.1) is 10.2 Å². The van der Waals surface area contributed by atoms with Gasteiger partial charge in [-0.1, -0.05) is 24.3 Å². The molecule has 0 unspecified atom stereocenters. The molecule has 9 heteroatoms. The van der Waals surface area contributed by atoms with Crippen LogP contribution in [0.2, 0.25) is 0 Å². The summed E-state index contributed by atoms with van der Waals surface area (Å²) in [4.78, 5) is 12.2. The Kier molecular flexibility index (Phi) is 3.68. The predicted molar refractivity (Wildman–Crippen MR) is 107 cm³/mol. The van der Waals surface area contributed by atoms with Crippen molar-refractivity contribution in [3.63, 3.8) is 0 Å². The molecule has 0 radical (unpaired) electrons. The van der Waals surface area contributed by atoms with Gasteiger partial charge in [-0.3, -0.25) is 9.52 Å². The third-order valence-electron chi connectivity index (χ3n) is 4.71. The van der Waals surface area contributed by atoms with Crippen LogP contribution in [-0.2, 0) is 10.0 Å². The van der Waals surface area contributed by atoms with Gasteiger partial charge in [0.25, 0.3) is 15.9 Å². The first kappa shape index (κ1) is 17.4. The highest BCUT2D eigenvalue weighted by Gasteiger charge is 2.27. The van der Waals surface area contributed by atoms with Gasteiger partial charge in [0, 0.05) is 28.9 Å². The number of carbonyl (C=O) groups is 1. The fourth-order valence-electron chi connectivity index (χ4n) is 3.46. The summed E-state index contributed by atoms with van der Waals surface area (Å²) in [5.41, 5.74) is 1.84. The lowest BCUT2D eigenvalue weighted by Crippen LogP contribution is -2.14. The molecule has 0 saturated carbocycles. The van der Waals surface area contributed by atoms with Gasteiger partial charge in [-0.2, -0.15) is 0 Å². The summed E-state index contributed by atoms with van der Waals surface area (Å²) < 4.78 is 34.6. The highest BCUT2D eigenvalue weighted by atomic mass is 32.2. The normalized spacial score (nSPS) is 12.9. The van der Waals surface area contributed by atoms with Crippen LogP contribution in [0.1, 0.15) is 16.2 Å². The first-order chi connectivity index (χ1) is 13.9. The van der Waals surface area contributed by atoms with Crippen LogP contribution in [-0.4, -0.2) is 24.5 Å². The van der Waals surface area contributed by atoms with E-state index in [-0.39, 0.29) is 16.7 Å². The van der Waals surface area contributed by atoms with Crippen molar-refractivity contribution in [3.8, 4) is 11.5 Å². The van der Waals surface area contributed by atoms with Gasteiger partial charge < -0.3 is 9.73 Å².